The number of nitro benzene ring substituents is 1. The van der Waals surface area contributed by atoms with E-state index >= 15 is 0 Å². The summed E-state index contributed by atoms with van der Waals surface area (Å²) in [7, 11) is 6.29. The molecular formula is C51H74N2O17. The Kier molecular flexibility index (Phi) is 22.7. The Hall–Kier alpha value is -4.54. The smallest absolute Gasteiger partial charge is 0.331 e. The molecule has 0 spiro atoms. The third-order valence-corrected chi connectivity index (χ3v) is 13.3. The fourth-order valence-electron chi connectivity index (χ4n) is 9.24. The van der Waals surface area contributed by atoms with Crippen molar-refractivity contribution >= 4 is 35.3 Å². The third kappa shape index (κ3) is 16.0. The molecule has 0 saturated carbocycles. The third-order valence-electron chi connectivity index (χ3n) is 13.3. The number of rotatable bonds is 16. The van der Waals surface area contributed by atoms with Crippen molar-refractivity contribution in [3.8, 4) is 0 Å². The van der Waals surface area contributed by atoms with Gasteiger partial charge in [0, 0.05) is 50.2 Å². The van der Waals surface area contributed by atoms with Gasteiger partial charge < -0.3 is 58.1 Å². The average molecular weight is 987 g/mol. The quantitative estimate of drug-likeness (QED) is 0.0880. The number of esters is 2. The molecule has 3 N–H and O–H groups in total. The van der Waals surface area contributed by atoms with Crippen LogP contribution < -0.4 is 0 Å². The van der Waals surface area contributed by atoms with Gasteiger partial charge >= 0.3 is 11.9 Å². The van der Waals surface area contributed by atoms with Crippen LogP contribution in [-0.2, 0) is 57.1 Å². The van der Waals surface area contributed by atoms with Crippen molar-refractivity contribution in [2.24, 2.45) is 23.7 Å². The van der Waals surface area contributed by atoms with E-state index < -0.39 is 127 Å². The first-order chi connectivity index (χ1) is 33.1. The van der Waals surface area contributed by atoms with Crippen LogP contribution in [-0.4, -0.2) is 163 Å². The van der Waals surface area contributed by atoms with E-state index in [0.29, 0.717) is 17.6 Å². The van der Waals surface area contributed by atoms with Crippen molar-refractivity contribution < 1.29 is 77.3 Å². The van der Waals surface area contributed by atoms with Crippen LogP contribution in [0.5, 0.6) is 0 Å². The highest BCUT2D eigenvalue weighted by Gasteiger charge is 2.48. The van der Waals surface area contributed by atoms with Crippen molar-refractivity contribution in [3.05, 3.63) is 82.0 Å². The lowest BCUT2D eigenvalue weighted by Gasteiger charge is -2.46. The van der Waals surface area contributed by atoms with Gasteiger partial charge in [0.15, 0.2) is 24.1 Å². The molecule has 1 aromatic rings. The van der Waals surface area contributed by atoms with Crippen LogP contribution >= 0.6 is 0 Å². The number of hydrogen-bond donors (Lipinski definition) is 3. The number of allylic oxidation sites excluding steroid dienone is 5. The number of aliphatic hydroxyl groups excluding tert-OH is 3. The van der Waals surface area contributed by atoms with E-state index in [1.54, 1.807) is 65.8 Å². The molecule has 390 valence electrons. The first kappa shape index (κ1) is 58.0. The van der Waals surface area contributed by atoms with Gasteiger partial charge in [0.25, 0.3) is 5.69 Å². The fourth-order valence-corrected chi connectivity index (χ4v) is 9.24. The molecule has 2 saturated heterocycles. The molecule has 0 aromatic heterocycles. The second kappa shape index (κ2) is 27.3. The van der Waals surface area contributed by atoms with Crippen molar-refractivity contribution in [1.29, 1.82) is 0 Å². The number of carbonyl (C=O) groups excluding carboxylic acids is 4. The number of likely N-dealkylation sites (N-methyl/N-ethyl adjacent to an activating group) is 1. The average Bonchev–Trinajstić information content (AvgIpc) is 3.31. The number of cyclic esters (lactones) is 1. The molecule has 4 rings (SSSR count). The number of benzene rings is 1. The van der Waals surface area contributed by atoms with Crippen LogP contribution in [0.2, 0.25) is 0 Å². The van der Waals surface area contributed by atoms with Gasteiger partial charge in [0.05, 0.1) is 48.4 Å². The Balaban J connectivity index is 1.83. The van der Waals surface area contributed by atoms with Crippen LogP contribution in [0, 0.1) is 33.8 Å². The molecule has 70 heavy (non-hydrogen) atoms. The highest BCUT2D eigenvalue weighted by molar-refractivity contribution is 5.92. The Morgan fingerprint density at radius 2 is 1.54 bits per heavy atom. The number of nitrogens with zero attached hydrogens (tertiary/aromatic N) is 2. The molecule has 19 heteroatoms. The summed E-state index contributed by atoms with van der Waals surface area (Å²) in [6.07, 6.45) is -1.42. The predicted octanol–water partition coefficient (Wildman–Crippen LogP) is 4.68. The van der Waals surface area contributed by atoms with E-state index in [9.17, 15) is 44.6 Å². The molecule has 17 atom stereocenters. The number of methoxy groups -OCH3 is 2. The fraction of sp³-hybridized carbons (Fsp3) is 0.647. The molecule has 1 aromatic carbocycles. The van der Waals surface area contributed by atoms with E-state index in [1.165, 1.54) is 63.6 Å². The molecule has 0 radical (unpaired) electrons. The molecule has 0 unspecified atom stereocenters. The van der Waals surface area contributed by atoms with Gasteiger partial charge in [-0.3, -0.25) is 24.5 Å². The lowest BCUT2D eigenvalue weighted by Crippen LogP contribution is -2.63. The van der Waals surface area contributed by atoms with E-state index in [1.807, 2.05) is 13.0 Å². The second-order valence-electron chi connectivity index (χ2n) is 18.8. The highest BCUT2D eigenvalue weighted by atomic mass is 16.7. The number of non-ortho nitro benzene ring substituents is 1. The van der Waals surface area contributed by atoms with Crippen LogP contribution in [0.15, 0.2) is 66.3 Å². The highest BCUT2D eigenvalue weighted by Crippen LogP contribution is 2.36. The van der Waals surface area contributed by atoms with Crippen molar-refractivity contribution in [2.75, 3.05) is 34.9 Å². The Morgan fingerprint density at radius 1 is 0.900 bits per heavy atom. The first-order valence-electron chi connectivity index (χ1n) is 23.8. The summed E-state index contributed by atoms with van der Waals surface area (Å²) in [5, 5.41) is 44.8. The lowest BCUT2D eigenvalue weighted by atomic mass is 9.79. The zero-order valence-electron chi connectivity index (χ0n) is 42.2. The summed E-state index contributed by atoms with van der Waals surface area (Å²) >= 11 is 0. The summed E-state index contributed by atoms with van der Waals surface area (Å²) in [5.74, 6) is -4.89. The van der Waals surface area contributed by atoms with Crippen LogP contribution in [0.1, 0.15) is 79.7 Å². The van der Waals surface area contributed by atoms with E-state index in [2.05, 4.69) is 0 Å². The summed E-state index contributed by atoms with van der Waals surface area (Å²) < 4.78 is 48.8. The molecule has 0 bridgehead atoms. The molecule has 3 aliphatic heterocycles. The molecule has 0 aliphatic carbocycles. The summed E-state index contributed by atoms with van der Waals surface area (Å²) in [4.78, 5) is 66.9. The van der Waals surface area contributed by atoms with Gasteiger partial charge in [-0.2, -0.15) is 0 Å². The van der Waals surface area contributed by atoms with Gasteiger partial charge in [0.1, 0.15) is 36.6 Å². The molecule has 19 nitrogen and oxygen atoms in total. The number of ketones is 2. The first-order valence-corrected chi connectivity index (χ1v) is 23.8. The Morgan fingerprint density at radius 3 is 2.14 bits per heavy atom. The summed E-state index contributed by atoms with van der Waals surface area (Å²) in [5.41, 5.74) is 0.965. The zero-order valence-corrected chi connectivity index (χ0v) is 42.2. The molecule has 2 fully saturated rings. The molecular weight excluding hydrogens is 913 g/mol. The Labute approximate surface area is 410 Å². The standard InChI is InChI=1S/C51H74N2O17/c1-12-39-36(27-65-51-49(64-11)48(63-10)45(59)33(7)67-51)24-28(2)16-22-38(55)29(3)25-35(15-13-14-30(4)54)47(70-50-46(60)43(52(8)9)44(58)32(6)66-50)31(5)40(26-42(57)68-39)69-41(56)23-19-34-17-20-37(21-18-34)53(61)62/h13-14,16-24,29,31-33,35-36,39-40,43-51,58-60H,12,15,25-27H2,1-11H3/b14-13+,22-16+,23-19+,28-24+/t29-,31+,32+,33-,35+,36-,39-,40-,43-,44+,45-,46+,47-,48-,49-,50-,51-/m1/s1. The summed E-state index contributed by atoms with van der Waals surface area (Å²) in [6.45, 7) is 11.7. The number of ether oxygens (including phenoxy) is 8. The van der Waals surface area contributed by atoms with Crippen molar-refractivity contribution in [1.82, 2.24) is 4.90 Å². The maximum Gasteiger partial charge on any atom is 0.331 e. The molecule has 0 amide bonds. The van der Waals surface area contributed by atoms with E-state index in [4.69, 9.17) is 37.9 Å². The second-order valence-corrected chi connectivity index (χ2v) is 18.8. The van der Waals surface area contributed by atoms with Gasteiger partial charge in [0.2, 0.25) is 0 Å². The SMILES string of the molecule is CC[C@H]1OC(=O)C[C@@H](OC(=O)/C=C/c2ccc([N+](=O)[O-])cc2)[C@H](C)[C@@H](O[C@H]2O[C@@H](C)[C@H](O)[C@@H](N(C)C)[C@@H]2O)[C@@H](C/C=C/C(C)=O)C[C@@H](C)C(=O)/C=C/C(C)=C/[C@@H]1CO[C@@H]1O[C@H](C)[C@@H](O)[C@@H](OC)[C@H]1OC. The van der Waals surface area contributed by atoms with Crippen LogP contribution in [0.4, 0.5) is 5.69 Å². The number of carbonyl (C=O) groups is 4. The van der Waals surface area contributed by atoms with Crippen LogP contribution in [0.3, 0.4) is 0 Å². The van der Waals surface area contributed by atoms with Crippen molar-refractivity contribution in [3.63, 3.8) is 0 Å². The maximum absolute atomic E-state index is 14.4. The zero-order chi connectivity index (χ0) is 52.0. The number of nitro groups is 1. The minimum absolute atomic E-state index is 0.0660. The van der Waals surface area contributed by atoms with E-state index in [0.717, 1.165) is 6.08 Å². The predicted molar refractivity (Wildman–Crippen MR) is 256 cm³/mol. The molecule has 3 heterocycles. The molecule has 3 aliphatic rings. The minimum atomic E-state index is -1.40. The normalized spacial score (nSPS) is 36.4. The van der Waals surface area contributed by atoms with E-state index in [-0.39, 0.29) is 36.7 Å². The number of aliphatic hydroxyl groups is 3. The van der Waals surface area contributed by atoms with Gasteiger partial charge in [-0.25, -0.2) is 4.79 Å². The van der Waals surface area contributed by atoms with Gasteiger partial charge in [-0.05, 0) is 103 Å². The topological polar surface area (TPSA) is 249 Å². The minimum Gasteiger partial charge on any atom is -0.462 e. The summed E-state index contributed by atoms with van der Waals surface area (Å²) in [6, 6.07) is 4.66. The lowest BCUT2D eigenvalue weighted by molar-refractivity contribution is -0.384. The maximum atomic E-state index is 14.4. The van der Waals surface area contributed by atoms with Crippen LogP contribution in [0.25, 0.3) is 6.08 Å². The van der Waals surface area contributed by atoms with Gasteiger partial charge in [-0.15, -0.1) is 0 Å². The van der Waals surface area contributed by atoms with Crippen molar-refractivity contribution in [2.45, 2.75) is 154 Å². The Bertz CT molecular complexity index is 2020. The monoisotopic (exact) mass is 986 g/mol. The largest absolute Gasteiger partial charge is 0.462 e. The number of hydrogen-bond acceptors (Lipinski definition) is 18. The van der Waals surface area contributed by atoms with Gasteiger partial charge in [-0.1, -0.05) is 44.6 Å².